The molecule has 0 bridgehead atoms. The van der Waals surface area contributed by atoms with Crippen LogP contribution in [0.4, 0.5) is 0 Å². The van der Waals surface area contributed by atoms with Crippen LogP contribution >= 0.6 is 11.3 Å². The predicted octanol–water partition coefficient (Wildman–Crippen LogP) is 3.91. The topological polar surface area (TPSA) is 52.5 Å². The van der Waals surface area contributed by atoms with Gasteiger partial charge in [-0.05, 0) is 58.6 Å². The van der Waals surface area contributed by atoms with Gasteiger partial charge in [-0.15, -0.1) is 0 Å². The summed E-state index contributed by atoms with van der Waals surface area (Å²) >= 11 is 1.65. The third-order valence-corrected chi connectivity index (χ3v) is 5.18. The first-order valence-electron chi connectivity index (χ1n) is 8.83. The van der Waals surface area contributed by atoms with Crippen molar-refractivity contribution in [1.82, 2.24) is 9.88 Å². The van der Waals surface area contributed by atoms with Gasteiger partial charge in [-0.2, -0.15) is 11.3 Å². The van der Waals surface area contributed by atoms with Gasteiger partial charge in [-0.3, -0.25) is 4.79 Å². The van der Waals surface area contributed by atoms with E-state index in [-0.39, 0.29) is 11.9 Å². The van der Waals surface area contributed by atoms with Crippen molar-refractivity contribution < 1.29 is 14.3 Å². The van der Waals surface area contributed by atoms with E-state index in [9.17, 15) is 4.79 Å². The first-order valence-corrected chi connectivity index (χ1v) is 9.77. The van der Waals surface area contributed by atoms with E-state index in [1.807, 2.05) is 48.1 Å². The Balaban J connectivity index is 1.56. The summed E-state index contributed by atoms with van der Waals surface area (Å²) in [6, 6.07) is 11.9. The van der Waals surface area contributed by atoms with Crippen LogP contribution in [0, 0.1) is 0 Å². The molecule has 5 nitrogen and oxygen atoms in total. The minimum Gasteiger partial charge on any atom is -0.493 e. The Labute approximate surface area is 163 Å². The summed E-state index contributed by atoms with van der Waals surface area (Å²) in [5, 5.41) is 7.17. The van der Waals surface area contributed by atoms with Crippen LogP contribution in [0.5, 0.6) is 11.5 Å². The molecule has 0 radical (unpaired) electrons. The van der Waals surface area contributed by atoms with Gasteiger partial charge in [0.2, 0.25) is 5.91 Å². The van der Waals surface area contributed by atoms with Gasteiger partial charge in [-0.25, -0.2) is 0 Å². The molecule has 1 amide bonds. The Hall–Kier alpha value is -2.73. The van der Waals surface area contributed by atoms with Crippen LogP contribution in [0.3, 0.4) is 0 Å². The lowest BCUT2D eigenvalue weighted by Gasteiger charge is -2.18. The number of ether oxygens (including phenoxy) is 2. The fourth-order valence-electron chi connectivity index (χ4n) is 3.05. The van der Waals surface area contributed by atoms with Crippen LogP contribution in [0.25, 0.3) is 0 Å². The number of hydrogen-bond acceptors (Lipinski definition) is 4. The molecule has 142 valence electrons. The highest BCUT2D eigenvalue weighted by Gasteiger charge is 2.17. The maximum absolute atomic E-state index is 12.5. The van der Waals surface area contributed by atoms with Gasteiger partial charge in [0.15, 0.2) is 11.5 Å². The molecule has 1 N–H and O–H groups in total. The minimum absolute atomic E-state index is 0.0207. The fraction of sp³-hybridized carbons (Fsp3) is 0.286. The van der Waals surface area contributed by atoms with E-state index < -0.39 is 0 Å². The van der Waals surface area contributed by atoms with E-state index in [4.69, 9.17) is 9.47 Å². The van der Waals surface area contributed by atoms with E-state index in [1.54, 1.807) is 25.6 Å². The quantitative estimate of drug-likeness (QED) is 0.609. The maximum atomic E-state index is 12.5. The number of carbonyl (C=O) groups is 1. The average molecular weight is 385 g/mol. The average Bonchev–Trinajstić information content (AvgIpc) is 3.40. The number of thiophene rings is 1. The van der Waals surface area contributed by atoms with Crippen LogP contribution in [0.1, 0.15) is 23.6 Å². The lowest BCUT2D eigenvalue weighted by atomic mass is 10.1. The van der Waals surface area contributed by atoms with Gasteiger partial charge >= 0.3 is 0 Å². The number of nitrogens with one attached hydrogen (secondary N) is 1. The van der Waals surface area contributed by atoms with Crippen molar-refractivity contribution in [2.45, 2.75) is 18.9 Å². The summed E-state index contributed by atoms with van der Waals surface area (Å²) < 4.78 is 12.7. The molecule has 3 rings (SSSR count). The largest absolute Gasteiger partial charge is 0.493 e. The Bertz CT molecular complexity index is 810. The van der Waals surface area contributed by atoms with Crippen LogP contribution in [-0.2, 0) is 11.2 Å². The zero-order valence-corrected chi connectivity index (χ0v) is 16.4. The molecule has 6 heteroatoms. The third-order valence-electron chi connectivity index (χ3n) is 4.48. The number of nitrogens with zero attached hydrogens (tertiary/aromatic N) is 1. The summed E-state index contributed by atoms with van der Waals surface area (Å²) in [5.74, 6) is 1.45. The first-order chi connectivity index (χ1) is 13.2. The van der Waals surface area contributed by atoms with Gasteiger partial charge in [0, 0.05) is 18.9 Å². The second-order valence-corrected chi connectivity index (χ2v) is 6.98. The van der Waals surface area contributed by atoms with Crippen molar-refractivity contribution in [2.75, 3.05) is 20.8 Å². The second-order valence-electron chi connectivity index (χ2n) is 6.20. The molecule has 1 aromatic carbocycles. The maximum Gasteiger partial charge on any atom is 0.222 e. The van der Waals surface area contributed by atoms with Crippen LogP contribution < -0.4 is 14.8 Å². The summed E-state index contributed by atoms with van der Waals surface area (Å²) in [5.41, 5.74) is 2.25. The summed E-state index contributed by atoms with van der Waals surface area (Å²) in [6.07, 6.45) is 5.15. The van der Waals surface area contributed by atoms with Crippen molar-refractivity contribution in [3.63, 3.8) is 0 Å². The molecule has 3 aromatic rings. The first kappa shape index (κ1) is 19.0. The third kappa shape index (κ3) is 4.92. The second kappa shape index (κ2) is 9.28. The number of rotatable bonds is 9. The summed E-state index contributed by atoms with van der Waals surface area (Å²) in [6.45, 7) is 0.580. The lowest BCUT2D eigenvalue weighted by molar-refractivity contribution is -0.121. The van der Waals surface area contributed by atoms with E-state index >= 15 is 0 Å². The smallest absolute Gasteiger partial charge is 0.222 e. The highest BCUT2D eigenvalue weighted by molar-refractivity contribution is 7.08. The standard InChI is InChI=1S/C21H24N2O3S/c1-25-19-6-5-16(13-20(19)26-2)7-9-22-21(24)14-18(17-8-12-27-15-17)23-10-3-4-11-23/h3-6,8,10-13,15,18H,7,9,14H2,1-2H3,(H,22,24)/t18-/m0/s1. The molecule has 27 heavy (non-hydrogen) atoms. The Morgan fingerprint density at radius 3 is 2.59 bits per heavy atom. The van der Waals surface area contributed by atoms with E-state index in [0.717, 1.165) is 17.5 Å². The molecule has 0 aliphatic heterocycles. The molecule has 0 fully saturated rings. The van der Waals surface area contributed by atoms with Crippen molar-refractivity contribution in [3.05, 3.63) is 70.7 Å². The monoisotopic (exact) mass is 384 g/mol. The number of hydrogen-bond donors (Lipinski definition) is 1. The highest BCUT2D eigenvalue weighted by Crippen LogP contribution is 2.27. The van der Waals surface area contributed by atoms with Crippen LogP contribution in [0.2, 0.25) is 0 Å². The van der Waals surface area contributed by atoms with Gasteiger partial charge < -0.3 is 19.4 Å². The van der Waals surface area contributed by atoms with Gasteiger partial charge in [0.1, 0.15) is 0 Å². The van der Waals surface area contributed by atoms with E-state index in [2.05, 4.69) is 21.3 Å². The lowest BCUT2D eigenvalue weighted by Crippen LogP contribution is -2.28. The highest BCUT2D eigenvalue weighted by atomic mass is 32.1. The Morgan fingerprint density at radius 2 is 1.93 bits per heavy atom. The minimum atomic E-state index is 0.0207. The Kier molecular flexibility index (Phi) is 6.54. The SMILES string of the molecule is COc1ccc(CCNC(=O)C[C@@H](c2ccsc2)n2cccc2)cc1OC. The molecular formula is C21H24N2O3S. The van der Waals surface area contributed by atoms with Crippen LogP contribution in [0.15, 0.2) is 59.6 Å². The zero-order chi connectivity index (χ0) is 19.1. The number of amides is 1. The van der Waals surface area contributed by atoms with Crippen molar-refractivity contribution in [3.8, 4) is 11.5 Å². The van der Waals surface area contributed by atoms with Crippen molar-refractivity contribution in [2.24, 2.45) is 0 Å². The van der Waals surface area contributed by atoms with Gasteiger partial charge in [0.25, 0.3) is 0 Å². The van der Waals surface area contributed by atoms with E-state index in [0.29, 0.717) is 24.5 Å². The number of methoxy groups -OCH3 is 2. The Morgan fingerprint density at radius 1 is 1.15 bits per heavy atom. The normalized spacial score (nSPS) is 11.8. The van der Waals surface area contributed by atoms with Gasteiger partial charge in [-0.1, -0.05) is 6.07 Å². The molecule has 2 aromatic heterocycles. The molecule has 0 aliphatic carbocycles. The molecule has 0 unspecified atom stereocenters. The summed E-state index contributed by atoms with van der Waals surface area (Å²) in [7, 11) is 3.24. The molecule has 0 aliphatic rings. The fourth-order valence-corrected chi connectivity index (χ4v) is 3.75. The molecular weight excluding hydrogens is 360 g/mol. The summed E-state index contributed by atoms with van der Waals surface area (Å²) in [4.78, 5) is 12.5. The van der Waals surface area contributed by atoms with Crippen LogP contribution in [-0.4, -0.2) is 31.2 Å². The van der Waals surface area contributed by atoms with Gasteiger partial charge in [0.05, 0.1) is 26.7 Å². The molecule has 1 atom stereocenters. The predicted molar refractivity (Wildman–Crippen MR) is 108 cm³/mol. The number of carbonyl (C=O) groups excluding carboxylic acids is 1. The molecule has 0 spiro atoms. The van der Waals surface area contributed by atoms with Crippen molar-refractivity contribution >= 4 is 17.2 Å². The number of benzene rings is 1. The number of aromatic nitrogens is 1. The van der Waals surface area contributed by atoms with E-state index in [1.165, 1.54) is 0 Å². The van der Waals surface area contributed by atoms with Crippen molar-refractivity contribution in [1.29, 1.82) is 0 Å². The molecule has 2 heterocycles. The molecule has 0 saturated heterocycles. The molecule has 0 saturated carbocycles. The zero-order valence-electron chi connectivity index (χ0n) is 15.6.